The molecule has 0 amide bonds. The van der Waals surface area contributed by atoms with E-state index in [1.54, 1.807) is 6.07 Å². The predicted octanol–water partition coefficient (Wildman–Crippen LogP) is 3.45. The smallest absolute Gasteiger partial charge is 0.240 e. The molecule has 0 fully saturated rings. The molecule has 0 aliphatic rings. The molecule has 0 aromatic heterocycles. The Morgan fingerprint density at radius 3 is 2.65 bits per heavy atom. The summed E-state index contributed by atoms with van der Waals surface area (Å²) in [5.41, 5.74) is 0. The fourth-order valence-corrected chi connectivity index (χ4v) is 2.85. The number of benzene rings is 1. The summed E-state index contributed by atoms with van der Waals surface area (Å²) < 4.78 is 32.3. The van der Waals surface area contributed by atoms with Crippen molar-refractivity contribution < 1.29 is 13.2 Å². The van der Waals surface area contributed by atoms with E-state index in [0.717, 1.165) is 12.8 Å². The van der Waals surface area contributed by atoms with E-state index < -0.39 is 10.0 Å². The third-order valence-corrected chi connectivity index (χ3v) is 4.38. The number of hydrogen-bond acceptors (Lipinski definition) is 3. The summed E-state index contributed by atoms with van der Waals surface area (Å²) in [5, 5.41) is 0.420. The van der Waals surface area contributed by atoms with Crippen molar-refractivity contribution >= 4 is 21.6 Å². The van der Waals surface area contributed by atoms with Crippen LogP contribution in [0.4, 0.5) is 0 Å². The van der Waals surface area contributed by atoms with Crippen molar-refractivity contribution in [2.45, 2.75) is 38.5 Å². The summed E-state index contributed by atoms with van der Waals surface area (Å²) >= 11 is 6.01. The molecule has 0 atom stereocenters. The number of nitrogens with one attached hydrogen (secondary N) is 1. The quantitative estimate of drug-likeness (QED) is 0.747. The van der Waals surface area contributed by atoms with Crippen molar-refractivity contribution in [1.82, 2.24) is 4.72 Å². The van der Waals surface area contributed by atoms with Gasteiger partial charge in [0.05, 0.1) is 16.5 Å². The molecule has 0 heterocycles. The van der Waals surface area contributed by atoms with Gasteiger partial charge in [0.2, 0.25) is 10.0 Å². The molecule has 0 spiro atoms. The van der Waals surface area contributed by atoms with Crippen molar-refractivity contribution in [3.63, 3.8) is 0 Å². The van der Waals surface area contributed by atoms with Crippen LogP contribution in [0.25, 0.3) is 0 Å². The molecule has 0 aliphatic heterocycles. The zero-order valence-corrected chi connectivity index (χ0v) is 13.7. The first-order valence-corrected chi connectivity index (χ1v) is 8.65. The van der Waals surface area contributed by atoms with Crippen LogP contribution >= 0.6 is 11.6 Å². The van der Waals surface area contributed by atoms with Gasteiger partial charge in [-0.05, 0) is 24.5 Å². The molecule has 1 aromatic carbocycles. The van der Waals surface area contributed by atoms with E-state index in [0.29, 0.717) is 23.9 Å². The van der Waals surface area contributed by atoms with E-state index >= 15 is 0 Å². The fourth-order valence-electron chi connectivity index (χ4n) is 1.45. The Labute approximate surface area is 126 Å². The minimum atomic E-state index is -3.51. The summed E-state index contributed by atoms with van der Waals surface area (Å²) in [5.74, 6) is 0.657. The van der Waals surface area contributed by atoms with Crippen molar-refractivity contribution in [2.75, 3.05) is 13.2 Å². The molecule has 0 unspecified atom stereocenters. The molecule has 0 radical (unpaired) electrons. The van der Waals surface area contributed by atoms with E-state index in [2.05, 4.69) is 11.6 Å². The molecule has 4 nitrogen and oxygen atoms in total. The second kappa shape index (κ2) is 7.86. The lowest BCUT2D eigenvalue weighted by atomic mass is 10.2. The molecule has 0 saturated carbocycles. The van der Waals surface area contributed by atoms with Crippen LogP contribution in [0.15, 0.2) is 23.1 Å². The maximum Gasteiger partial charge on any atom is 0.240 e. The highest BCUT2D eigenvalue weighted by Crippen LogP contribution is 2.27. The summed E-state index contributed by atoms with van der Waals surface area (Å²) in [4.78, 5) is 0.175. The van der Waals surface area contributed by atoms with Gasteiger partial charge in [-0.15, -0.1) is 0 Å². The van der Waals surface area contributed by atoms with Gasteiger partial charge in [-0.3, -0.25) is 0 Å². The third-order valence-electron chi connectivity index (χ3n) is 2.65. The van der Waals surface area contributed by atoms with E-state index in [9.17, 15) is 8.42 Å². The highest BCUT2D eigenvalue weighted by atomic mass is 35.5. The molecule has 0 aliphatic carbocycles. The number of hydrogen-bond donors (Lipinski definition) is 1. The highest BCUT2D eigenvalue weighted by molar-refractivity contribution is 7.89. The lowest BCUT2D eigenvalue weighted by molar-refractivity contribution is 0.309. The fraction of sp³-hybridized carbons (Fsp3) is 0.571. The first-order chi connectivity index (χ1) is 9.36. The van der Waals surface area contributed by atoms with Gasteiger partial charge in [0.15, 0.2) is 0 Å². The van der Waals surface area contributed by atoms with Crippen molar-refractivity contribution in [3.8, 4) is 5.75 Å². The molecule has 6 heteroatoms. The number of ether oxygens (including phenoxy) is 1. The predicted molar refractivity (Wildman–Crippen MR) is 81.9 cm³/mol. The van der Waals surface area contributed by atoms with Gasteiger partial charge in [-0.25, -0.2) is 13.1 Å². The largest absolute Gasteiger partial charge is 0.492 e. The summed E-state index contributed by atoms with van der Waals surface area (Å²) in [6.45, 7) is 6.88. The van der Waals surface area contributed by atoms with Gasteiger partial charge >= 0.3 is 0 Å². The SMILES string of the molecule is CCCCOc1cc(S(=O)(=O)NCC(C)C)ccc1Cl. The lowest BCUT2D eigenvalue weighted by Crippen LogP contribution is -2.27. The molecule has 0 bridgehead atoms. The molecule has 1 rings (SSSR count). The molecule has 114 valence electrons. The van der Waals surface area contributed by atoms with E-state index in [1.807, 2.05) is 13.8 Å². The van der Waals surface area contributed by atoms with Crippen molar-refractivity contribution in [3.05, 3.63) is 23.2 Å². The Morgan fingerprint density at radius 2 is 2.05 bits per heavy atom. The van der Waals surface area contributed by atoms with Gasteiger partial charge in [-0.1, -0.05) is 38.8 Å². The van der Waals surface area contributed by atoms with E-state index in [-0.39, 0.29) is 10.8 Å². The summed E-state index contributed by atoms with van der Waals surface area (Å²) in [6, 6.07) is 4.51. The highest BCUT2D eigenvalue weighted by Gasteiger charge is 2.16. The molecule has 0 saturated heterocycles. The second-order valence-corrected chi connectivity index (χ2v) is 7.21. The van der Waals surface area contributed by atoms with Crippen LogP contribution in [0, 0.1) is 5.92 Å². The molecule has 1 aromatic rings. The maximum absolute atomic E-state index is 12.1. The van der Waals surface area contributed by atoms with E-state index in [1.165, 1.54) is 12.1 Å². The van der Waals surface area contributed by atoms with Crippen LogP contribution in [0.2, 0.25) is 5.02 Å². The number of halogens is 1. The topological polar surface area (TPSA) is 55.4 Å². The summed E-state index contributed by atoms with van der Waals surface area (Å²) in [7, 11) is -3.51. The zero-order chi connectivity index (χ0) is 15.2. The minimum absolute atomic E-state index is 0.175. The van der Waals surface area contributed by atoms with Crippen LogP contribution in [-0.4, -0.2) is 21.6 Å². The maximum atomic E-state index is 12.1. The Kier molecular flexibility index (Phi) is 6.79. The average Bonchev–Trinajstić information content (AvgIpc) is 2.39. The van der Waals surface area contributed by atoms with E-state index in [4.69, 9.17) is 16.3 Å². The van der Waals surface area contributed by atoms with Crippen molar-refractivity contribution in [2.24, 2.45) is 5.92 Å². The van der Waals surface area contributed by atoms with Gasteiger partial charge < -0.3 is 4.74 Å². The van der Waals surface area contributed by atoms with Gasteiger partial charge in [0.25, 0.3) is 0 Å². The standard InChI is InChI=1S/C14H22ClNO3S/c1-4-5-8-19-14-9-12(6-7-13(14)15)20(17,18)16-10-11(2)3/h6-7,9,11,16H,4-5,8,10H2,1-3H3. The summed E-state index contributed by atoms with van der Waals surface area (Å²) in [6.07, 6.45) is 1.91. The Hall–Kier alpha value is -0.780. The third kappa shape index (κ3) is 5.31. The second-order valence-electron chi connectivity index (χ2n) is 5.04. The number of unbranched alkanes of at least 4 members (excludes halogenated alkanes) is 1. The van der Waals surface area contributed by atoms with Crippen LogP contribution in [0.1, 0.15) is 33.6 Å². The Morgan fingerprint density at radius 1 is 1.35 bits per heavy atom. The number of sulfonamides is 1. The van der Waals surface area contributed by atoms with Crippen LogP contribution in [0.3, 0.4) is 0 Å². The average molecular weight is 320 g/mol. The Balaban J connectivity index is 2.87. The van der Waals surface area contributed by atoms with Crippen LogP contribution in [0.5, 0.6) is 5.75 Å². The molecular formula is C14H22ClNO3S. The minimum Gasteiger partial charge on any atom is -0.492 e. The monoisotopic (exact) mass is 319 g/mol. The number of rotatable bonds is 8. The molecule has 20 heavy (non-hydrogen) atoms. The van der Waals surface area contributed by atoms with Crippen LogP contribution in [-0.2, 0) is 10.0 Å². The van der Waals surface area contributed by atoms with Gasteiger partial charge in [0.1, 0.15) is 5.75 Å². The zero-order valence-electron chi connectivity index (χ0n) is 12.1. The van der Waals surface area contributed by atoms with Crippen molar-refractivity contribution in [1.29, 1.82) is 0 Å². The van der Waals surface area contributed by atoms with Gasteiger partial charge in [-0.2, -0.15) is 0 Å². The first-order valence-electron chi connectivity index (χ1n) is 6.79. The van der Waals surface area contributed by atoms with Crippen LogP contribution < -0.4 is 9.46 Å². The Bertz CT molecular complexity index is 529. The molecular weight excluding hydrogens is 298 g/mol. The normalized spacial score (nSPS) is 11.8. The molecule has 1 N–H and O–H groups in total. The lowest BCUT2D eigenvalue weighted by Gasteiger charge is -2.12. The van der Waals surface area contributed by atoms with Gasteiger partial charge in [0, 0.05) is 12.6 Å². The first kappa shape index (κ1) is 17.3.